The molecule has 3 aromatic rings. The van der Waals surface area contributed by atoms with Crippen LogP contribution in [-0.4, -0.2) is 34.1 Å². The molecule has 0 aliphatic rings. The summed E-state index contributed by atoms with van der Waals surface area (Å²) >= 11 is 6.23. The van der Waals surface area contributed by atoms with Gasteiger partial charge in [-0.05, 0) is 57.2 Å². The number of amides is 1. The molecule has 3 N–H and O–H groups in total. The molecule has 1 aromatic heterocycles. The number of nitrogens with zero attached hydrogens (tertiary/aromatic N) is 3. The predicted molar refractivity (Wildman–Crippen MR) is 122 cm³/mol. The van der Waals surface area contributed by atoms with Gasteiger partial charge in [0.2, 0.25) is 5.91 Å². The van der Waals surface area contributed by atoms with Crippen molar-refractivity contribution in [3.8, 4) is 5.75 Å². The SMILES string of the molecule is Cc1cc(C)n(C(C)C(=O)Nc2ccc(NS(=O)(=O)c3ccc(O)c([N+](=O)[O-])c3)cc2Cl)n1. The van der Waals surface area contributed by atoms with Crippen LogP contribution in [-0.2, 0) is 14.8 Å². The molecule has 174 valence electrons. The third-order valence-electron chi connectivity index (χ3n) is 4.72. The number of benzene rings is 2. The minimum Gasteiger partial charge on any atom is -0.502 e. The van der Waals surface area contributed by atoms with Crippen molar-refractivity contribution in [2.45, 2.75) is 31.7 Å². The van der Waals surface area contributed by atoms with Crippen molar-refractivity contribution >= 4 is 44.6 Å². The number of halogens is 1. The number of phenolic OH excluding ortho intramolecular Hbond substituents is 1. The second-order valence-corrected chi connectivity index (χ2v) is 9.33. The summed E-state index contributed by atoms with van der Waals surface area (Å²) in [5.41, 5.74) is 1.19. The minimum atomic E-state index is -4.21. The fourth-order valence-electron chi connectivity index (χ4n) is 3.10. The molecule has 11 nitrogen and oxygen atoms in total. The highest BCUT2D eigenvalue weighted by Crippen LogP contribution is 2.31. The van der Waals surface area contributed by atoms with E-state index in [0.29, 0.717) is 0 Å². The van der Waals surface area contributed by atoms with Crippen LogP contribution < -0.4 is 10.0 Å². The Bertz CT molecular complexity index is 1350. The molecule has 0 saturated carbocycles. The van der Waals surface area contributed by atoms with E-state index in [1.807, 2.05) is 19.9 Å². The monoisotopic (exact) mass is 493 g/mol. The molecule has 0 radical (unpaired) electrons. The smallest absolute Gasteiger partial charge is 0.312 e. The van der Waals surface area contributed by atoms with Crippen LogP contribution in [0.2, 0.25) is 5.02 Å². The molecule has 0 spiro atoms. The number of carbonyl (C=O) groups excluding carboxylic acids is 1. The van der Waals surface area contributed by atoms with Crippen molar-refractivity contribution in [3.05, 3.63) is 69.0 Å². The average Bonchev–Trinajstić information content (AvgIpc) is 3.06. The van der Waals surface area contributed by atoms with Gasteiger partial charge in [-0.1, -0.05) is 11.6 Å². The van der Waals surface area contributed by atoms with Gasteiger partial charge < -0.3 is 10.4 Å². The first kappa shape index (κ1) is 24.0. The summed E-state index contributed by atoms with van der Waals surface area (Å²) in [6.07, 6.45) is 0. The zero-order valence-electron chi connectivity index (χ0n) is 17.7. The Balaban J connectivity index is 1.78. The Kier molecular flexibility index (Phi) is 6.60. The number of nitro benzene ring substituents is 1. The van der Waals surface area contributed by atoms with Crippen LogP contribution in [0.15, 0.2) is 47.4 Å². The maximum Gasteiger partial charge on any atom is 0.312 e. The van der Waals surface area contributed by atoms with E-state index in [4.69, 9.17) is 11.6 Å². The lowest BCUT2D eigenvalue weighted by Crippen LogP contribution is -2.25. The normalized spacial score (nSPS) is 12.2. The zero-order chi connectivity index (χ0) is 24.5. The number of aryl methyl sites for hydroxylation is 2. The van der Waals surface area contributed by atoms with E-state index >= 15 is 0 Å². The molecule has 0 bridgehead atoms. The van der Waals surface area contributed by atoms with Gasteiger partial charge >= 0.3 is 5.69 Å². The van der Waals surface area contributed by atoms with E-state index in [0.717, 1.165) is 29.6 Å². The molecular formula is C20H20ClN5O6S. The van der Waals surface area contributed by atoms with Crippen LogP contribution in [0.1, 0.15) is 24.4 Å². The van der Waals surface area contributed by atoms with Gasteiger partial charge in [-0.2, -0.15) is 5.10 Å². The second kappa shape index (κ2) is 9.08. The number of sulfonamides is 1. The molecular weight excluding hydrogens is 474 g/mol. The molecule has 0 aliphatic heterocycles. The van der Waals surface area contributed by atoms with Crippen molar-refractivity contribution in [2.75, 3.05) is 10.0 Å². The molecule has 1 amide bonds. The van der Waals surface area contributed by atoms with Crippen LogP contribution in [0.5, 0.6) is 5.75 Å². The molecule has 0 saturated heterocycles. The number of rotatable bonds is 7. The molecule has 1 atom stereocenters. The summed E-state index contributed by atoms with van der Waals surface area (Å²) < 4.78 is 29.0. The van der Waals surface area contributed by atoms with Gasteiger partial charge in [0, 0.05) is 11.8 Å². The maximum atomic E-state index is 12.6. The van der Waals surface area contributed by atoms with Crippen molar-refractivity contribution in [1.82, 2.24) is 9.78 Å². The van der Waals surface area contributed by atoms with E-state index in [1.54, 1.807) is 11.6 Å². The third kappa shape index (κ3) is 5.23. The Labute approximate surface area is 194 Å². The Morgan fingerprint density at radius 3 is 2.48 bits per heavy atom. The van der Waals surface area contributed by atoms with E-state index in [1.165, 1.54) is 18.2 Å². The number of phenols is 1. The standard InChI is InChI=1S/C20H20ClN5O6S/c1-11-8-12(2)25(23-11)13(3)20(28)22-17-6-4-14(9-16(17)21)24-33(31,32)15-5-7-19(27)18(10-15)26(29)30/h4-10,13,24,27H,1-3H3,(H,22,28). The van der Waals surface area contributed by atoms with E-state index < -0.39 is 37.3 Å². The molecule has 1 heterocycles. The van der Waals surface area contributed by atoms with E-state index in [9.17, 15) is 28.4 Å². The Morgan fingerprint density at radius 2 is 1.91 bits per heavy atom. The number of aromatic nitrogens is 2. The van der Waals surface area contributed by atoms with Crippen LogP contribution in [0.4, 0.5) is 17.1 Å². The number of anilines is 2. The lowest BCUT2D eigenvalue weighted by Gasteiger charge is -2.16. The topological polar surface area (TPSA) is 156 Å². The van der Waals surface area contributed by atoms with Crippen molar-refractivity contribution < 1.29 is 23.2 Å². The van der Waals surface area contributed by atoms with Gasteiger partial charge in [-0.15, -0.1) is 0 Å². The zero-order valence-corrected chi connectivity index (χ0v) is 19.3. The first-order valence-corrected chi connectivity index (χ1v) is 11.4. The number of nitrogens with one attached hydrogen (secondary N) is 2. The highest BCUT2D eigenvalue weighted by Gasteiger charge is 2.22. The van der Waals surface area contributed by atoms with Gasteiger partial charge in [0.15, 0.2) is 5.75 Å². The summed E-state index contributed by atoms with van der Waals surface area (Å²) in [6.45, 7) is 5.34. The summed E-state index contributed by atoms with van der Waals surface area (Å²) in [6, 6.07) is 8.02. The van der Waals surface area contributed by atoms with Crippen molar-refractivity contribution in [2.24, 2.45) is 0 Å². The van der Waals surface area contributed by atoms with Gasteiger partial charge in [-0.3, -0.25) is 24.3 Å². The Hall–Kier alpha value is -3.64. The summed E-state index contributed by atoms with van der Waals surface area (Å²) in [5.74, 6) is -1.02. The molecule has 0 fully saturated rings. The van der Waals surface area contributed by atoms with Crippen LogP contribution in [0, 0.1) is 24.0 Å². The molecule has 13 heteroatoms. The highest BCUT2D eigenvalue weighted by atomic mass is 35.5. The lowest BCUT2D eigenvalue weighted by atomic mass is 10.2. The number of hydrogen-bond acceptors (Lipinski definition) is 7. The largest absolute Gasteiger partial charge is 0.502 e. The minimum absolute atomic E-state index is 0.0697. The van der Waals surface area contributed by atoms with Gasteiger partial charge in [0.25, 0.3) is 10.0 Å². The van der Waals surface area contributed by atoms with E-state index in [-0.39, 0.29) is 22.3 Å². The van der Waals surface area contributed by atoms with Gasteiger partial charge in [-0.25, -0.2) is 8.42 Å². The first-order valence-electron chi connectivity index (χ1n) is 9.52. The number of aromatic hydroxyl groups is 1. The van der Waals surface area contributed by atoms with Gasteiger partial charge in [0.05, 0.1) is 31.9 Å². The quantitative estimate of drug-likeness (QED) is 0.334. The fraction of sp³-hybridized carbons (Fsp3) is 0.200. The molecule has 1 unspecified atom stereocenters. The number of carbonyl (C=O) groups is 1. The summed E-state index contributed by atoms with van der Waals surface area (Å²) in [7, 11) is -4.21. The predicted octanol–water partition coefficient (Wildman–Crippen LogP) is 3.77. The van der Waals surface area contributed by atoms with Gasteiger partial charge in [0.1, 0.15) is 6.04 Å². The molecule has 3 rings (SSSR count). The van der Waals surface area contributed by atoms with Crippen molar-refractivity contribution in [1.29, 1.82) is 0 Å². The molecule has 0 aliphatic carbocycles. The number of hydrogen-bond donors (Lipinski definition) is 3. The highest BCUT2D eigenvalue weighted by molar-refractivity contribution is 7.92. The summed E-state index contributed by atoms with van der Waals surface area (Å²) in [4.78, 5) is 22.3. The van der Waals surface area contributed by atoms with Crippen molar-refractivity contribution in [3.63, 3.8) is 0 Å². The van der Waals surface area contributed by atoms with Crippen LogP contribution in [0.3, 0.4) is 0 Å². The number of nitro groups is 1. The second-order valence-electron chi connectivity index (χ2n) is 7.24. The first-order chi connectivity index (χ1) is 15.4. The summed E-state index contributed by atoms with van der Waals surface area (Å²) in [5, 5.41) is 27.5. The molecule has 2 aromatic carbocycles. The lowest BCUT2D eigenvalue weighted by molar-refractivity contribution is -0.386. The third-order valence-corrected chi connectivity index (χ3v) is 6.42. The van der Waals surface area contributed by atoms with E-state index in [2.05, 4.69) is 15.1 Å². The molecule has 33 heavy (non-hydrogen) atoms. The van der Waals surface area contributed by atoms with Crippen LogP contribution in [0.25, 0.3) is 0 Å². The Morgan fingerprint density at radius 1 is 1.21 bits per heavy atom. The van der Waals surface area contributed by atoms with Crippen LogP contribution >= 0.6 is 11.6 Å². The fourth-order valence-corrected chi connectivity index (χ4v) is 4.39. The maximum absolute atomic E-state index is 12.6. The average molecular weight is 494 g/mol.